The van der Waals surface area contributed by atoms with E-state index in [2.05, 4.69) is 0 Å². The highest BCUT2D eigenvalue weighted by atomic mass is 16.5. The van der Waals surface area contributed by atoms with Crippen molar-refractivity contribution in [3.63, 3.8) is 0 Å². The van der Waals surface area contributed by atoms with Crippen LogP contribution in [0.15, 0.2) is 53.5 Å². The summed E-state index contributed by atoms with van der Waals surface area (Å²) >= 11 is 0. The first-order chi connectivity index (χ1) is 15.4. The van der Waals surface area contributed by atoms with Gasteiger partial charge in [-0.2, -0.15) is 5.26 Å². The molecule has 1 N–H and O–H groups in total. The van der Waals surface area contributed by atoms with Crippen LogP contribution in [-0.2, 0) is 13.0 Å². The average molecular weight is 434 g/mol. The summed E-state index contributed by atoms with van der Waals surface area (Å²) in [4.78, 5) is 25.7. The number of hydrogen-bond acceptors (Lipinski definition) is 7. The molecule has 0 bridgehead atoms. The van der Waals surface area contributed by atoms with Crippen molar-refractivity contribution in [2.24, 2.45) is 0 Å². The summed E-state index contributed by atoms with van der Waals surface area (Å²) in [5, 5.41) is 19.5. The van der Waals surface area contributed by atoms with Crippen LogP contribution in [0.1, 0.15) is 27.0 Å². The van der Waals surface area contributed by atoms with Gasteiger partial charge in [0.15, 0.2) is 17.3 Å². The summed E-state index contributed by atoms with van der Waals surface area (Å²) in [5.74, 6) is 0.793. The smallest absolute Gasteiger partial charge is 0.268 e. The van der Waals surface area contributed by atoms with Gasteiger partial charge in [0.25, 0.3) is 5.56 Å². The largest absolute Gasteiger partial charge is 0.507 e. The number of nitriles is 1. The monoisotopic (exact) mass is 434 g/mol. The van der Waals surface area contributed by atoms with Gasteiger partial charge in [-0.1, -0.05) is 6.07 Å². The number of aryl methyl sites for hydroxylation is 2. The number of hydrogen-bond donors (Lipinski definition) is 1. The fraction of sp³-hybridized carbons (Fsp3) is 0.208. The third kappa shape index (κ3) is 4.57. The number of ether oxygens (including phenoxy) is 3. The molecule has 0 saturated heterocycles. The lowest BCUT2D eigenvalue weighted by atomic mass is 10.0. The summed E-state index contributed by atoms with van der Waals surface area (Å²) < 4.78 is 17.0. The van der Waals surface area contributed by atoms with Crippen LogP contribution in [0.4, 0.5) is 0 Å². The van der Waals surface area contributed by atoms with Crippen molar-refractivity contribution in [3.05, 3.63) is 81.3 Å². The Kier molecular flexibility index (Phi) is 6.80. The molecule has 2 aromatic carbocycles. The molecule has 0 aliphatic carbocycles. The zero-order valence-corrected chi connectivity index (χ0v) is 17.9. The Bertz CT molecular complexity index is 1260. The second-order valence-electron chi connectivity index (χ2n) is 6.90. The summed E-state index contributed by atoms with van der Waals surface area (Å²) in [6.45, 7) is 0.230. The number of phenols is 1. The molecule has 0 atom stereocenters. The van der Waals surface area contributed by atoms with E-state index >= 15 is 0 Å². The number of benzene rings is 2. The third-order valence-electron chi connectivity index (χ3n) is 5.01. The van der Waals surface area contributed by atoms with E-state index in [1.165, 1.54) is 49.2 Å². The topological polar surface area (TPSA) is 111 Å². The molecule has 0 radical (unpaired) electrons. The Balaban J connectivity index is 1.95. The van der Waals surface area contributed by atoms with Gasteiger partial charge in [-0.05, 0) is 48.4 Å². The summed E-state index contributed by atoms with van der Waals surface area (Å²) in [5.41, 5.74) is 0.343. The van der Waals surface area contributed by atoms with Crippen molar-refractivity contribution in [2.45, 2.75) is 13.0 Å². The quantitative estimate of drug-likeness (QED) is 0.543. The molecule has 0 spiro atoms. The second-order valence-corrected chi connectivity index (χ2v) is 6.90. The van der Waals surface area contributed by atoms with Gasteiger partial charge >= 0.3 is 0 Å². The molecule has 0 aliphatic heterocycles. The minimum Gasteiger partial charge on any atom is -0.507 e. The SMILES string of the molecule is COc1ccc(O)c(C(=O)c2cc(C#N)c(=O)n(CCc3ccc(OC)c(OC)c3)c2)c1. The highest BCUT2D eigenvalue weighted by molar-refractivity contribution is 6.10. The van der Waals surface area contributed by atoms with Crippen LogP contribution < -0.4 is 19.8 Å². The van der Waals surface area contributed by atoms with Gasteiger partial charge < -0.3 is 23.9 Å². The van der Waals surface area contributed by atoms with Gasteiger partial charge in [-0.3, -0.25) is 9.59 Å². The molecular formula is C24H22N2O6. The molecule has 1 aromatic heterocycles. The number of methoxy groups -OCH3 is 3. The lowest BCUT2D eigenvalue weighted by Gasteiger charge is -2.12. The van der Waals surface area contributed by atoms with Crippen LogP contribution >= 0.6 is 0 Å². The molecule has 3 aromatic rings. The Morgan fingerprint density at radius 2 is 1.78 bits per heavy atom. The highest BCUT2D eigenvalue weighted by Crippen LogP contribution is 2.28. The minimum atomic E-state index is -0.530. The number of phenolic OH excluding ortho intramolecular Hbond substituents is 1. The zero-order chi connectivity index (χ0) is 23.3. The number of rotatable bonds is 8. The number of carbonyl (C=O) groups excluding carboxylic acids is 1. The van der Waals surface area contributed by atoms with Crippen molar-refractivity contribution < 1.29 is 24.1 Å². The molecule has 0 amide bonds. The Hall–Kier alpha value is -4.25. The number of aromatic nitrogens is 1. The van der Waals surface area contributed by atoms with E-state index in [4.69, 9.17) is 14.2 Å². The predicted octanol–water partition coefficient (Wildman–Crippen LogP) is 2.93. The van der Waals surface area contributed by atoms with Crippen molar-refractivity contribution in [1.82, 2.24) is 4.57 Å². The van der Waals surface area contributed by atoms with Crippen LogP contribution in [0.2, 0.25) is 0 Å². The molecular weight excluding hydrogens is 412 g/mol. The van der Waals surface area contributed by atoms with E-state index in [0.717, 1.165) is 5.56 Å². The summed E-state index contributed by atoms with van der Waals surface area (Å²) in [7, 11) is 4.53. The van der Waals surface area contributed by atoms with Gasteiger partial charge in [0.2, 0.25) is 0 Å². The maximum Gasteiger partial charge on any atom is 0.268 e. The van der Waals surface area contributed by atoms with E-state index < -0.39 is 11.3 Å². The number of nitrogens with zero attached hydrogens (tertiary/aromatic N) is 2. The van der Waals surface area contributed by atoms with Crippen LogP contribution in [0.3, 0.4) is 0 Å². The second kappa shape index (κ2) is 9.71. The van der Waals surface area contributed by atoms with E-state index in [9.17, 15) is 20.0 Å². The van der Waals surface area contributed by atoms with Gasteiger partial charge in [0, 0.05) is 18.3 Å². The molecule has 0 aliphatic rings. The summed E-state index contributed by atoms with van der Waals surface area (Å²) in [6, 6.07) is 12.8. The van der Waals surface area contributed by atoms with E-state index in [1.807, 2.05) is 12.1 Å². The van der Waals surface area contributed by atoms with Gasteiger partial charge in [0.05, 0.1) is 26.9 Å². The lowest BCUT2D eigenvalue weighted by Crippen LogP contribution is -2.25. The lowest BCUT2D eigenvalue weighted by molar-refractivity contribution is 0.103. The maximum atomic E-state index is 13.0. The van der Waals surface area contributed by atoms with Gasteiger partial charge in [0.1, 0.15) is 23.1 Å². The van der Waals surface area contributed by atoms with Crippen molar-refractivity contribution in [2.75, 3.05) is 21.3 Å². The van der Waals surface area contributed by atoms with Crippen LogP contribution in [0, 0.1) is 11.3 Å². The van der Waals surface area contributed by atoms with Crippen molar-refractivity contribution in [3.8, 4) is 29.1 Å². The highest BCUT2D eigenvalue weighted by Gasteiger charge is 2.18. The fourth-order valence-electron chi connectivity index (χ4n) is 3.27. The first-order valence-corrected chi connectivity index (χ1v) is 9.69. The van der Waals surface area contributed by atoms with E-state index in [0.29, 0.717) is 23.7 Å². The van der Waals surface area contributed by atoms with Crippen LogP contribution in [0.25, 0.3) is 0 Å². The fourth-order valence-corrected chi connectivity index (χ4v) is 3.27. The Morgan fingerprint density at radius 1 is 1.03 bits per heavy atom. The average Bonchev–Trinajstić information content (AvgIpc) is 2.83. The number of aromatic hydroxyl groups is 1. The van der Waals surface area contributed by atoms with Crippen molar-refractivity contribution >= 4 is 5.78 Å². The molecule has 164 valence electrons. The standard InChI is InChI=1S/C24H22N2O6/c1-30-18-5-6-20(27)19(12-18)23(28)17-11-16(13-25)24(29)26(14-17)9-8-15-4-7-21(31-2)22(10-15)32-3/h4-7,10-12,14,27H,8-9H2,1-3H3. The van der Waals surface area contributed by atoms with Gasteiger partial charge in [-0.15, -0.1) is 0 Å². The molecule has 32 heavy (non-hydrogen) atoms. The van der Waals surface area contributed by atoms with E-state index in [-0.39, 0.29) is 29.0 Å². The molecule has 3 rings (SSSR count). The van der Waals surface area contributed by atoms with Crippen LogP contribution in [-0.4, -0.2) is 36.8 Å². The number of pyridine rings is 1. The third-order valence-corrected chi connectivity index (χ3v) is 5.01. The number of ketones is 1. The molecule has 8 nitrogen and oxygen atoms in total. The van der Waals surface area contributed by atoms with E-state index in [1.54, 1.807) is 19.2 Å². The molecule has 1 heterocycles. The van der Waals surface area contributed by atoms with Crippen LogP contribution in [0.5, 0.6) is 23.0 Å². The predicted molar refractivity (Wildman–Crippen MR) is 117 cm³/mol. The molecule has 0 fully saturated rings. The first kappa shape index (κ1) is 22.4. The Labute approximate surface area is 184 Å². The summed E-state index contributed by atoms with van der Waals surface area (Å²) in [6.07, 6.45) is 1.85. The molecule has 8 heteroatoms. The molecule has 0 saturated carbocycles. The molecule has 0 unspecified atom stereocenters. The zero-order valence-electron chi connectivity index (χ0n) is 17.9. The normalized spacial score (nSPS) is 10.3. The van der Waals surface area contributed by atoms with Gasteiger partial charge in [-0.25, -0.2) is 0 Å². The maximum absolute atomic E-state index is 13.0. The first-order valence-electron chi connectivity index (χ1n) is 9.69. The Morgan fingerprint density at radius 3 is 2.44 bits per heavy atom. The minimum absolute atomic E-state index is 0.0123. The van der Waals surface area contributed by atoms with Crippen molar-refractivity contribution in [1.29, 1.82) is 5.26 Å². The number of carbonyl (C=O) groups is 1.